The van der Waals surface area contributed by atoms with E-state index in [9.17, 15) is 4.79 Å². The summed E-state index contributed by atoms with van der Waals surface area (Å²) < 4.78 is 0. The summed E-state index contributed by atoms with van der Waals surface area (Å²) in [6.45, 7) is 5.09. The van der Waals surface area contributed by atoms with Crippen molar-refractivity contribution in [2.45, 2.75) is 32.4 Å². The zero-order chi connectivity index (χ0) is 17.9. The van der Waals surface area contributed by atoms with Gasteiger partial charge in [0.2, 0.25) is 0 Å². The number of likely N-dealkylation sites (tertiary alicyclic amines) is 1. The van der Waals surface area contributed by atoms with Gasteiger partial charge < -0.3 is 10.3 Å². The highest BCUT2D eigenvalue weighted by Gasteiger charge is 2.22. The van der Waals surface area contributed by atoms with Crippen LogP contribution in [0, 0.1) is 6.92 Å². The van der Waals surface area contributed by atoms with Crippen LogP contribution in [-0.4, -0.2) is 34.9 Å². The molecule has 4 nitrogen and oxygen atoms in total. The molecule has 2 aromatic carbocycles. The first-order chi connectivity index (χ1) is 12.7. The standard InChI is InChI=1S/C22H25N3O/c1-16-6-5-9-18-14-20(24-21(16)18)22(26)23-19-10-12-25(13-11-19)15-17-7-3-2-4-8-17/h2-9,14,19,24H,10-13,15H2,1H3,(H,23,26). The fourth-order valence-electron chi connectivity index (χ4n) is 3.77. The maximum absolute atomic E-state index is 12.6. The van der Waals surface area contributed by atoms with Gasteiger partial charge in [0.15, 0.2) is 0 Å². The number of amides is 1. The lowest BCUT2D eigenvalue weighted by Gasteiger charge is -2.32. The van der Waals surface area contributed by atoms with Crippen LogP contribution in [0.1, 0.15) is 34.5 Å². The molecule has 0 spiro atoms. The minimum atomic E-state index is 0.00195. The smallest absolute Gasteiger partial charge is 0.267 e. The fourth-order valence-corrected chi connectivity index (χ4v) is 3.77. The number of hydrogen-bond acceptors (Lipinski definition) is 2. The minimum Gasteiger partial charge on any atom is -0.350 e. The number of para-hydroxylation sites is 1. The van der Waals surface area contributed by atoms with E-state index in [2.05, 4.69) is 58.5 Å². The van der Waals surface area contributed by atoms with Crippen molar-refractivity contribution in [3.8, 4) is 0 Å². The van der Waals surface area contributed by atoms with Crippen LogP contribution in [-0.2, 0) is 6.54 Å². The van der Waals surface area contributed by atoms with Crippen molar-refractivity contribution in [3.05, 3.63) is 71.4 Å². The van der Waals surface area contributed by atoms with Crippen molar-refractivity contribution in [1.29, 1.82) is 0 Å². The molecule has 2 N–H and O–H groups in total. The molecular weight excluding hydrogens is 322 g/mol. The van der Waals surface area contributed by atoms with Gasteiger partial charge >= 0.3 is 0 Å². The zero-order valence-electron chi connectivity index (χ0n) is 15.2. The number of H-pyrrole nitrogens is 1. The summed E-state index contributed by atoms with van der Waals surface area (Å²) in [7, 11) is 0. The third kappa shape index (κ3) is 3.65. The Hall–Kier alpha value is -2.59. The van der Waals surface area contributed by atoms with Crippen molar-refractivity contribution >= 4 is 16.8 Å². The second kappa shape index (κ2) is 7.34. The van der Waals surface area contributed by atoms with E-state index in [0.29, 0.717) is 5.69 Å². The molecule has 0 atom stereocenters. The van der Waals surface area contributed by atoms with Gasteiger partial charge in [0, 0.05) is 36.6 Å². The van der Waals surface area contributed by atoms with Crippen molar-refractivity contribution in [1.82, 2.24) is 15.2 Å². The van der Waals surface area contributed by atoms with E-state index < -0.39 is 0 Å². The van der Waals surface area contributed by atoms with Crippen LogP contribution in [0.5, 0.6) is 0 Å². The molecule has 134 valence electrons. The summed E-state index contributed by atoms with van der Waals surface area (Å²) in [5, 5.41) is 4.29. The number of benzene rings is 2. The van der Waals surface area contributed by atoms with Gasteiger partial charge in [0.25, 0.3) is 5.91 Å². The molecule has 0 saturated carbocycles. The number of aromatic amines is 1. The number of carbonyl (C=O) groups excluding carboxylic acids is 1. The highest BCUT2D eigenvalue weighted by Crippen LogP contribution is 2.19. The molecule has 2 heterocycles. The summed E-state index contributed by atoms with van der Waals surface area (Å²) in [4.78, 5) is 18.3. The molecule has 1 aromatic heterocycles. The Morgan fingerprint density at radius 2 is 1.88 bits per heavy atom. The molecule has 0 unspecified atom stereocenters. The highest BCUT2D eigenvalue weighted by atomic mass is 16.1. The van der Waals surface area contributed by atoms with Crippen LogP contribution >= 0.6 is 0 Å². The van der Waals surface area contributed by atoms with E-state index in [1.165, 1.54) is 5.56 Å². The molecule has 1 fully saturated rings. The monoisotopic (exact) mass is 347 g/mol. The van der Waals surface area contributed by atoms with Crippen molar-refractivity contribution in [2.75, 3.05) is 13.1 Å². The fraction of sp³-hybridized carbons (Fsp3) is 0.318. The van der Waals surface area contributed by atoms with E-state index in [1.807, 2.05) is 18.2 Å². The first kappa shape index (κ1) is 16.9. The highest BCUT2D eigenvalue weighted by molar-refractivity contribution is 5.98. The third-order valence-electron chi connectivity index (χ3n) is 5.28. The zero-order valence-corrected chi connectivity index (χ0v) is 15.2. The predicted octanol–water partition coefficient (Wildman–Crippen LogP) is 3.87. The Morgan fingerprint density at radius 1 is 1.12 bits per heavy atom. The van der Waals surface area contributed by atoms with Crippen LogP contribution in [0.2, 0.25) is 0 Å². The first-order valence-corrected chi connectivity index (χ1v) is 9.34. The van der Waals surface area contributed by atoms with Gasteiger partial charge in [0.05, 0.1) is 0 Å². The molecule has 3 aromatic rings. The van der Waals surface area contributed by atoms with Crippen molar-refractivity contribution < 1.29 is 4.79 Å². The Labute approximate surface area is 154 Å². The largest absolute Gasteiger partial charge is 0.350 e. The third-order valence-corrected chi connectivity index (χ3v) is 5.28. The lowest BCUT2D eigenvalue weighted by atomic mass is 10.0. The lowest BCUT2D eigenvalue weighted by Crippen LogP contribution is -2.44. The molecule has 1 aliphatic heterocycles. The number of aryl methyl sites for hydroxylation is 1. The molecule has 26 heavy (non-hydrogen) atoms. The summed E-state index contributed by atoms with van der Waals surface area (Å²) >= 11 is 0. The van der Waals surface area contributed by atoms with Crippen LogP contribution in [0.25, 0.3) is 10.9 Å². The number of aromatic nitrogens is 1. The lowest BCUT2D eigenvalue weighted by molar-refractivity contribution is 0.0904. The summed E-state index contributed by atoms with van der Waals surface area (Å²) in [6, 6.07) is 18.9. The van der Waals surface area contributed by atoms with E-state index in [1.54, 1.807) is 0 Å². The molecule has 1 aliphatic rings. The normalized spacial score (nSPS) is 16.0. The number of carbonyl (C=O) groups is 1. The summed E-state index contributed by atoms with van der Waals surface area (Å²) in [6.07, 6.45) is 2.00. The molecule has 1 amide bonds. The van der Waals surface area contributed by atoms with Crippen LogP contribution in [0.15, 0.2) is 54.6 Å². The van der Waals surface area contributed by atoms with E-state index in [0.717, 1.165) is 48.9 Å². The summed E-state index contributed by atoms with van der Waals surface area (Å²) in [5.41, 5.74) is 4.22. The predicted molar refractivity (Wildman–Crippen MR) is 105 cm³/mol. The maximum atomic E-state index is 12.6. The van der Waals surface area contributed by atoms with E-state index in [-0.39, 0.29) is 11.9 Å². The number of nitrogens with zero attached hydrogens (tertiary/aromatic N) is 1. The Kier molecular flexibility index (Phi) is 4.76. The Bertz CT molecular complexity index is 892. The number of piperidine rings is 1. The van der Waals surface area contributed by atoms with Gasteiger partial charge in [-0.15, -0.1) is 0 Å². The second-order valence-corrected chi connectivity index (χ2v) is 7.23. The quantitative estimate of drug-likeness (QED) is 0.753. The van der Waals surface area contributed by atoms with Gasteiger partial charge in [0.1, 0.15) is 5.69 Å². The minimum absolute atomic E-state index is 0.00195. The average molecular weight is 347 g/mol. The van der Waals surface area contributed by atoms with Crippen molar-refractivity contribution in [3.63, 3.8) is 0 Å². The molecule has 4 rings (SSSR count). The molecular formula is C22H25N3O. The van der Waals surface area contributed by atoms with Gasteiger partial charge in [-0.3, -0.25) is 9.69 Å². The molecule has 4 heteroatoms. The Morgan fingerprint density at radius 3 is 2.62 bits per heavy atom. The number of hydrogen-bond donors (Lipinski definition) is 2. The number of rotatable bonds is 4. The number of nitrogens with one attached hydrogen (secondary N) is 2. The first-order valence-electron chi connectivity index (χ1n) is 9.34. The van der Waals surface area contributed by atoms with E-state index >= 15 is 0 Å². The van der Waals surface area contributed by atoms with E-state index in [4.69, 9.17) is 0 Å². The topological polar surface area (TPSA) is 48.1 Å². The van der Waals surface area contributed by atoms with Crippen LogP contribution in [0.3, 0.4) is 0 Å². The molecule has 0 radical (unpaired) electrons. The number of fused-ring (bicyclic) bond motifs is 1. The van der Waals surface area contributed by atoms with Gasteiger partial charge in [-0.05, 0) is 37.0 Å². The van der Waals surface area contributed by atoms with Gasteiger partial charge in [-0.1, -0.05) is 48.5 Å². The van der Waals surface area contributed by atoms with Crippen molar-refractivity contribution in [2.24, 2.45) is 0 Å². The molecule has 0 bridgehead atoms. The summed E-state index contributed by atoms with van der Waals surface area (Å²) in [5.74, 6) is 0.00195. The van der Waals surface area contributed by atoms with Gasteiger partial charge in [-0.25, -0.2) is 0 Å². The SMILES string of the molecule is Cc1cccc2cc(C(=O)NC3CCN(Cc4ccccc4)CC3)[nH]c12. The molecule has 0 aliphatic carbocycles. The second-order valence-electron chi connectivity index (χ2n) is 7.23. The van der Waals surface area contributed by atoms with Crippen LogP contribution < -0.4 is 5.32 Å². The average Bonchev–Trinajstić information content (AvgIpc) is 3.10. The Balaban J connectivity index is 1.33. The molecule has 1 saturated heterocycles. The maximum Gasteiger partial charge on any atom is 0.267 e. The van der Waals surface area contributed by atoms with Crippen LogP contribution in [0.4, 0.5) is 0 Å². The van der Waals surface area contributed by atoms with Gasteiger partial charge in [-0.2, -0.15) is 0 Å².